The minimum atomic E-state index is -0.248. The van der Waals surface area contributed by atoms with Crippen LogP contribution in [0.15, 0.2) is 28.7 Å². The molecule has 7 heteroatoms. The highest BCUT2D eigenvalue weighted by Gasteiger charge is 2.15. The topological polar surface area (TPSA) is 87.9 Å². The number of carbonyl (C=O) groups excluding carboxylic acids is 1. The number of amides is 1. The summed E-state index contributed by atoms with van der Waals surface area (Å²) in [6.45, 7) is 0.493. The molecule has 0 unspecified atom stereocenters. The lowest BCUT2D eigenvalue weighted by atomic mass is 10.2. The predicted octanol–water partition coefficient (Wildman–Crippen LogP) is 1.42. The van der Waals surface area contributed by atoms with Crippen molar-refractivity contribution in [2.75, 3.05) is 12.8 Å². The number of aromatic amines is 1. The summed E-state index contributed by atoms with van der Waals surface area (Å²) in [4.78, 5) is 17.3. The summed E-state index contributed by atoms with van der Waals surface area (Å²) in [5.41, 5.74) is 6.39. The van der Waals surface area contributed by atoms with Crippen LogP contribution >= 0.6 is 15.9 Å². The maximum Gasteiger partial charge on any atom is 0.291 e. The van der Waals surface area contributed by atoms with Gasteiger partial charge in [0.25, 0.3) is 5.91 Å². The Kier molecular flexibility index (Phi) is 3.61. The Morgan fingerprint density at radius 1 is 1.44 bits per heavy atom. The summed E-state index contributed by atoms with van der Waals surface area (Å²) in [5.74, 6) is -0.0374. The summed E-state index contributed by atoms with van der Waals surface area (Å²) < 4.78 is 1.00. The molecule has 0 aliphatic heterocycles. The van der Waals surface area contributed by atoms with E-state index in [9.17, 15) is 4.79 Å². The highest BCUT2D eigenvalue weighted by molar-refractivity contribution is 9.10. The van der Waals surface area contributed by atoms with Gasteiger partial charge in [-0.25, -0.2) is 0 Å². The third-order valence-corrected chi connectivity index (χ3v) is 2.91. The minimum Gasteiger partial charge on any atom is -0.366 e. The van der Waals surface area contributed by atoms with Gasteiger partial charge in [-0.15, -0.1) is 5.10 Å². The second-order valence-electron chi connectivity index (χ2n) is 3.83. The number of nitrogen functional groups attached to an aromatic ring is 1. The smallest absolute Gasteiger partial charge is 0.291 e. The summed E-state index contributed by atoms with van der Waals surface area (Å²) in [7, 11) is 1.70. The van der Waals surface area contributed by atoms with Crippen LogP contribution in [0, 0.1) is 0 Å². The number of rotatable bonds is 3. The summed E-state index contributed by atoms with van der Waals surface area (Å²) >= 11 is 3.36. The molecule has 0 saturated heterocycles. The van der Waals surface area contributed by atoms with E-state index in [1.165, 1.54) is 0 Å². The maximum absolute atomic E-state index is 12.0. The van der Waals surface area contributed by atoms with E-state index in [4.69, 9.17) is 5.73 Å². The average Bonchev–Trinajstić information content (AvgIpc) is 2.78. The van der Waals surface area contributed by atoms with E-state index < -0.39 is 0 Å². The molecule has 1 aromatic heterocycles. The van der Waals surface area contributed by atoms with Crippen molar-refractivity contribution in [2.24, 2.45) is 0 Å². The van der Waals surface area contributed by atoms with Gasteiger partial charge in [0.2, 0.25) is 11.8 Å². The van der Waals surface area contributed by atoms with Gasteiger partial charge < -0.3 is 10.6 Å². The summed E-state index contributed by atoms with van der Waals surface area (Å²) in [5, 5.41) is 6.12. The monoisotopic (exact) mass is 309 g/mol. The van der Waals surface area contributed by atoms with Crippen molar-refractivity contribution in [3.63, 3.8) is 0 Å². The number of benzene rings is 1. The molecule has 1 aromatic carbocycles. The van der Waals surface area contributed by atoms with E-state index in [0.29, 0.717) is 6.54 Å². The van der Waals surface area contributed by atoms with E-state index in [0.717, 1.165) is 10.0 Å². The van der Waals surface area contributed by atoms with E-state index in [1.807, 2.05) is 24.3 Å². The molecule has 0 aliphatic rings. The fourth-order valence-corrected chi connectivity index (χ4v) is 1.75. The quantitative estimate of drug-likeness (QED) is 0.897. The average molecular weight is 310 g/mol. The van der Waals surface area contributed by atoms with E-state index in [1.54, 1.807) is 11.9 Å². The van der Waals surface area contributed by atoms with Crippen LogP contribution in [-0.4, -0.2) is 33.0 Å². The normalized spacial score (nSPS) is 10.3. The van der Waals surface area contributed by atoms with Gasteiger partial charge in [-0.05, 0) is 17.7 Å². The van der Waals surface area contributed by atoms with Crippen molar-refractivity contribution in [1.29, 1.82) is 0 Å². The molecule has 0 atom stereocenters. The molecule has 94 valence electrons. The molecular weight excluding hydrogens is 298 g/mol. The van der Waals surface area contributed by atoms with Crippen LogP contribution < -0.4 is 5.73 Å². The number of H-pyrrole nitrogens is 1. The molecule has 6 nitrogen and oxygen atoms in total. The first-order valence-corrected chi connectivity index (χ1v) is 6.03. The van der Waals surface area contributed by atoms with Gasteiger partial charge >= 0.3 is 0 Å². The Labute approximate surface area is 112 Å². The number of halogens is 1. The molecule has 1 heterocycles. The fraction of sp³-hybridized carbons (Fsp3) is 0.182. The summed E-state index contributed by atoms with van der Waals surface area (Å²) in [6, 6.07) is 7.76. The van der Waals surface area contributed by atoms with E-state index in [-0.39, 0.29) is 17.7 Å². The number of nitrogens with two attached hydrogens (primary N) is 1. The molecule has 0 bridgehead atoms. The van der Waals surface area contributed by atoms with Gasteiger partial charge in [0.1, 0.15) is 0 Å². The zero-order valence-electron chi connectivity index (χ0n) is 9.72. The minimum absolute atomic E-state index is 0.0652. The van der Waals surface area contributed by atoms with Crippen molar-refractivity contribution >= 4 is 27.8 Å². The Hall–Kier alpha value is -1.89. The third kappa shape index (κ3) is 2.86. The molecule has 0 fully saturated rings. The number of nitrogens with zero attached hydrogens (tertiary/aromatic N) is 3. The number of nitrogens with one attached hydrogen (secondary N) is 1. The standard InChI is InChI=1S/C11H12BrN5O/c1-17(6-7-2-4-8(12)5-3-7)10(18)9-14-11(13)16-15-9/h2-5H,6H2,1H3,(H3,13,14,15,16). The molecule has 1 amide bonds. The van der Waals surface area contributed by atoms with Crippen molar-refractivity contribution in [2.45, 2.75) is 6.54 Å². The number of aromatic nitrogens is 3. The number of hydrogen-bond donors (Lipinski definition) is 2. The molecule has 2 aromatic rings. The highest BCUT2D eigenvalue weighted by Crippen LogP contribution is 2.12. The van der Waals surface area contributed by atoms with Crippen LogP contribution in [0.5, 0.6) is 0 Å². The Morgan fingerprint density at radius 2 is 2.11 bits per heavy atom. The number of hydrogen-bond acceptors (Lipinski definition) is 4. The molecule has 18 heavy (non-hydrogen) atoms. The fourth-order valence-electron chi connectivity index (χ4n) is 1.49. The van der Waals surface area contributed by atoms with Crippen molar-refractivity contribution < 1.29 is 4.79 Å². The Bertz CT molecular complexity index is 551. The number of anilines is 1. The third-order valence-electron chi connectivity index (χ3n) is 2.38. The second-order valence-corrected chi connectivity index (χ2v) is 4.75. The van der Waals surface area contributed by atoms with Gasteiger partial charge in [-0.1, -0.05) is 28.1 Å². The van der Waals surface area contributed by atoms with Gasteiger partial charge in [-0.2, -0.15) is 4.98 Å². The summed E-state index contributed by atoms with van der Waals surface area (Å²) in [6.07, 6.45) is 0. The van der Waals surface area contributed by atoms with Gasteiger partial charge in [0.05, 0.1) is 0 Å². The predicted molar refractivity (Wildman–Crippen MR) is 70.7 cm³/mol. The Balaban J connectivity index is 2.05. The first-order chi connectivity index (χ1) is 8.56. The largest absolute Gasteiger partial charge is 0.366 e. The zero-order valence-corrected chi connectivity index (χ0v) is 11.3. The lowest BCUT2D eigenvalue weighted by molar-refractivity contribution is 0.0773. The molecular formula is C11H12BrN5O. The molecule has 0 spiro atoms. The second kappa shape index (κ2) is 5.18. The first-order valence-electron chi connectivity index (χ1n) is 5.24. The van der Waals surface area contributed by atoms with Crippen LogP contribution in [0.2, 0.25) is 0 Å². The van der Waals surface area contributed by atoms with Crippen molar-refractivity contribution in [3.05, 3.63) is 40.1 Å². The Morgan fingerprint density at radius 3 is 2.67 bits per heavy atom. The molecule has 0 radical (unpaired) electrons. The van der Waals surface area contributed by atoms with Crippen LogP contribution in [0.25, 0.3) is 0 Å². The van der Waals surface area contributed by atoms with Crippen LogP contribution in [-0.2, 0) is 6.54 Å². The molecule has 0 saturated carbocycles. The van der Waals surface area contributed by atoms with Crippen molar-refractivity contribution in [1.82, 2.24) is 20.1 Å². The maximum atomic E-state index is 12.0. The van der Waals surface area contributed by atoms with Crippen LogP contribution in [0.3, 0.4) is 0 Å². The van der Waals surface area contributed by atoms with Crippen LogP contribution in [0.1, 0.15) is 16.2 Å². The first kappa shape index (κ1) is 12.6. The number of carbonyl (C=O) groups is 1. The van der Waals surface area contributed by atoms with Crippen LogP contribution in [0.4, 0.5) is 5.95 Å². The molecule has 2 rings (SSSR count). The molecule has 3 N–H and O–H groups in total. The lowest BCUT2D eigenvalue weighted by Crippen LogP contribution is -2.27. The highest BCUT2D eigenvalue weighted by atomic mass is 79.9. The molecule has 0 aliphatic carbocycles. The SMILES string of the molecule is CN(Cc1ccc(Br)cc1)C(=O)c1nc(N)n[nH]1. The van der Waals surface area contributed by atoms with E-state index >= 15 is 0 Å². The zero-order chi connectivity index (χ0) is 13.1. The van der Waals surface area contributed by atoms with Gasteiger partial charge in [0, 0.05) is 18.1 Å². The van der Waals surface area contributed by atoms with Gasteiger partial charge in [-0.3, -0.25) is 9.89 Å². The van der Waals surface area contributed by atoms with Crippen molar-refractivity contribution in [3.8, 4) is 0 Å². The van der Waals surface area contributed by atoms with Gasteiger partial charge in [0.15, 0.2) is 0 Å². The lowest BCUT2D eigenvalue weighted by Gasteiger charge is -2.15. The van der Waals surface area contributed by atoms with E-state index in [2.05, 4.69) is 31.1 Å².